The van der Waals surface area contributed by atoms with Gasteiger partial charge in [0.05, 0.1) is 0 Å². The van der Waals surface area contributed by atoms with Crippen molar-refractivity contribution in [2.45, 2.75) is 32.9 Å². The van der Waals surface area contributed by atoms with Gasteiger partial charge in [-0.2, -0.15) is 11.3 Å². The zero-order chi connectivity index (χ0) is 16.1. The summed E-state index contributed by atoms with van der Waals surface area (Å²) in [5.41, 5.74) is 3.24. The molecule has 23 heavy (non-hydrogen) atoms. The van der Waals surface area contributed by atoms with Crippen LogP contribution in [0.4, 0.5) is 0 Å². The van der Waals surface area contributed by atoms with Crippen LogP contribution in [0.1, 0.15) is 41.3 Å². The Labute approximate surface area is 142 Å². The molecular formula is C19H24N2OS. The van der Waals surface area contributed by atoms with E-state index in [9.17, 15) is 4.79 Å². The summed E-state index contributed by atoms with van der Waals surface area (Å²) in [6.07, 6.45) is 2.62. The van der Waals surface area contributed by atoms with Crippen LogP contribution in [0, 0.1) is 5.92 Å². The molecule has 1 fully saturated rings. The van der Waals surface area contributed by atoms with Gasteiger partial charge in [-0.15, -0.1) is 0 Å². The van der Waals surface area contributed by atoms with Gasteiger partial charge in [0, 0.05) is 24.0 Å². The van der Waals surface area contributed by atoms with Crippen molar-refractivity contribution in [1.29, 1.82) is 0 Å². The first-order valence-electron chi connectivity index (χ1n) is 8.31. The van der Waals surface area contributed by atoms with Crippen molar-refractivity contribution in [3.05, 3.63) is 57.8 Å². The monoisotopic (exact) mass is 328 g/mol. The Morgan fingerprint density at radius 3 is 2.52 bits per heavy atom. The molecule has 0 saturated carbocycles. The molecule has 3 rings (SSSR count). The highest BCUT2D eigenvalue weighted by Gasteiger charge is 2.15. The third-order valence-electron chi connectivity index (χ3n) is 4.54. The van der Waals surface area contributed by atoms with Crippen molar-refractivity contribution in [2.24, 2.45) is 5.92 Å². The largest absolute Gasteiger partial charge is 0.348 e. The summed E-state index contributed by atoms with van der Waals surface area (Å²) in [7, 11) is 0. The Bertz CT molecular complexity index is 613. The molecule has 1 aromatic heterocycles. The van der Waals surface area contributed by atoms with E-state index in [1.165, 1.54) is 31.5 Å². The lowest BCUT2D eigenvalue weighted by atomic mass is 9.99. The molecule has 0 atom stereocenters. The fourth-order valence-electron chi connectivity index (χ4n) is 2.92. The number of amides is 1. The van der Waals surface area contributed by atoms with Gasteiger partial charge in [0.15, 0.2) is 0 Å². The van der Waals surface area contributed by atoms with Gasteiger partial charge in [-0.3, -0.25) is 9.69 Å². The summed E-state index contributed by atoms with van der Waals surface area (Å²) in [5.74, 6) is 0.873. The number of hydrogen-bond acceptors (Lipinski definition) is 3. The molecule has 0 bridgehead atoms. The minimum atomic E-state index is -0.00207. The Morgan fingerprint density at radius 1 is 1.17 bits per heavy atom. The highest BCUT2D eigenvalue weighted by atomic mass is 32.1. The standard InChI is InChI=1S/C19H24N2OS/c1-15-6-9-21(10-7-15)13-17-4-2-16(3-5-17)12-20-19(22)18-8-11-23-14-18/h2-5,8,11,14-15H,6-7,9-10,12-13H2,1H3,(H,20,22). The van der Waals surface area contributed by atoms with Crippen molar-refractivity contribution in [1.82, 2.24) is 10.2 Å². The van der Waals surface area contributed by atoms with E-state index in [-0.39, 0.29) is 5.91 Å². The first-order valence-corrected chi connectivity index (χ1v) is 9.25. The number of likely N-dealkylation sites (tertiary alicyclic amines) is 1. The van der Waals surface area contributed by atoms with Crippen LogP contribution in [0.2, 0.25) is 0 Å². The minimum absolute atomic E-state index is 0.00207. The Balaban J connectivity index is 1.48. The normalized spacial score (nSPS) is 16.4. The van der Waals surface area contributed by atoms with E-state index >= 15 is 0 Å². The van der Waals surface area contributed by atoms with E-state index < -0.39 is 0 Å². The third kappa shape index (κ3) is 4.66. The van der Waals surface area contributed by atoms with Gasteiger partial charge < -0.3 is 5.32 Å². The lowest BCUT2D eigenvalue weighted by Crippen LogP contribution is -2.32. The summed E-state index contributed by atoms with van der Waals surface area (Å²) in [5, 5.41) is 6.76. The van der Waals surface area contributed by atoms with Crippen LogP contribution in [-0.4, -0.2) is 23.9 Å². The van der Waals surface area contributed by atoms with Gasteiger partial charge in [0.1, 0.15) is 0 Å². The van der Waals surface area contributed by atoms with E-state index in [4.69, 9.17) is 0 Å². The molecule has 2 aromatic rings. The molecule has 0 spiro atoms. The van der Waals surface area contributed by atoms with Crippen molar-refractivity contribution in [2.75, 3.05) is 13.1 Å². The topological polar surface area (TPSA) is 32.3 Å². The second-order valence-corrected chi connectivity index (χ2v) is 7.25. The molecular weight excluding hydrogens is 304 g/mol. The number of benzene rings is 1. The highest BCUT2D eigenvalue weighted by molar-refractivity contribution is 7.08. The highest BCUT2D eigenvalue weighted by Crippen LogP contribution is 2.18. The molecule has 1 aromatic carbocycles. The summed E-state index contributed by atoms with van der Waals surface area (Å²) < 4.78 is 0. The quantitative estimate of drug-likeness (QED) is 0.902. The van der Waals surface area contributed by atoms with E-state index in [2.05, 4.69) is 41.4 Å². The molecule has 1 N–H and O–H groups in total. The van der Waals surface area contributed by atoms with Crippen LogP contribution in [0.5, 0.6) is 0 Å². The Hall–Kier alpha value is -1.65. The first kappa shape index (κ1) is 16.2. The maximum atomic E-state index is 11.9. The maximum absolute atomic E-state index is 11.9. The van der Waals surface area contributed by atoms with Crippen LogP contribution >= 0.6 is 11.3 Å². The van der Waals surface area contributed by atoms with E-state index in [0.29, 0.717) is 6.54 Å². The average molecular weight is 328 g/mol. The van der Waals surface area contributed by atoms with Gasteiger partial charge in [0.25, 0.3) is 5.91 Å². The number of rotatable bonds is 5. The van der Waals surface area contributed by atoms with Crippen molar-refractivity contribution < 1.29 is 4.79 Å². The molecule has 0 radical (unpaired) electrons. The number of carbonyl (C=O) groups is 1. The van der Waals surface area contributed by atoms with Gasteiger partial charge in [-0.1, -0.05) is 31.2 Å². The fraction of sp³-hybridized carbons (Fsp3) is 0.421. The molecule has 3 nitrogen and oxygen atoms in total. The maximum Gasteiger partial charge on any atom is 0.252 e. The SMILES string of the molecule is CC1CCN(Cc2ccc(CNC(=O)c3ccsc3)cc2)CC1. The van der Waals surface area contributed by atoms with Gasteiger partial charge in [-0.25, -0.2) is 0 Å². The second kappa shape index (κ2) is 7.75. The predicted molar refractivity (Wildman–Crippen MR) is 95.6 cm³/mol. The summed E-state index contributed by atoms with van der Waals surface area (Å²) in [6, 6.07) is 10.5. The van der Waals surface area contributed by atoms with Crippen molar-refractivity contribution in [3.63, 3.8) is 0 Å². The molecule has 0 unspecified atom stereocenters. The fourth-order valence-corrected chi connectivity index (χ4v) is 3.55. The predicted octanol–water partition coefficient (Wildman–Crippen LogP) is 3.91. The number of carbonyl (C=O) groups excluding carboxylic acids is 1. The Morgan fingerprint density at radius 2 is 1.87 bits per heavy atom. The zero-order valence-electron chi connectivity index (χ0n) is 13.6. The lowest BCUT2D eigenvalue weighted by Gasteiger charge is -2.30. The van der Waals surface area contributed by atoms with Crippen LogP contribution in [0.25, 0.3) is 0 Å². The number of thiophene rings is 1. The molecule has 1 aliphatic rings. The zero-order valence-corrected chi connectivity index (χ0v) is 14.4. The minimum Gasteiger partial charge on any atom is -0.348 e. The smallest absolute Gasteiger partial charge is 0.252 e. The number of hydrogen-bond donors (Lipinski definition) is 1. The average Bonchev–Trinajstić information content (AvgIpc) is 3.11. The molecule has 1 aliphatic heterocycles. The first-order chi connectivity index (χ1) is 11.2. The summed E-state index contributed by atoms with van der Waals surface area (Å²) in [6.45, 7) is 6.38. The lowest BCUT2D eigenvalue weighted by molar-refractivity contribution is 0.0951. The number of nitrogens with one attached hydrogen (secondary N) is 1. The summed E-state index contributed by atoms with van der Waals surface area (Å²) >= 11 is 1.54. The van der Waals surface area contributed by atoms with Gasteiger partial charge >= 0.3 is 0 Å². The molecule has 1 saturated heterocycles. The van der Waals surface area contributed by atoms with Crippen LogP contribution in [0.15, 0.2) is 41.1 Å². The van der Waals surface area contributed by atoms with E-state index in [1.807, 2.05) is 16.8 Å². The van der Waals surface area contributed by atoms with Crippen LogP contribution < -0.4 is 5.32 Å². The Kier molecular flexibility index (Phi) is 5.47. The van der Waals surface area contributed by atoms with Crippen molar-refractivity contribution in [3.8, 4) is 0 Å². The number of nitrogens with zero attached hydrogens (tertiary/aromatic N) is 1. The molecule has 2 heterocycles. The second-order valence-electron chi connectivity index (χ2n) is 6.47. The molecule has 0 aliphatic carbocycles. The number of piperidine rings is 1. The van der Waals surface area contributed by atoms with Crippen molar-refractivity contribution >= 4 is 17.2 Å². The van der Waals surface area contributed by atoms with E-state index in [0.717, 1.165) is 23.6 Å². The summed E-state index contributed by atoms with van der Waals surface area (Å²) in [4.78, 5) is 14.5. The van der Waals surface area contributed by atoms with Gasteiger partial charge in [0.2, 0.25) is 0 Å². The van der Waals surface area contributed by atoms with Gasteiger partial charge in [-0.05, 0) is 54.4 Å². The molecule has 122 valence electrons. The van der Waals surface area contributed by atoms with Crippen LogP contribution in [0.3, 0.4) is 0 Å². The van der Waals surface area contributed by atoms with E-state index in [1.54, 1.807) is 11.3 Å². The molecule has 1 amide bonds. The molecule has 4 heteroatoms. The third-order valence-corrected chi connectivity index (χ3v) is 5.23. The van der Waals surface area contributed by atoms with Crippen LogP contribution in [-0.2, 0) is 13.1 Å².